The molecule has 1 atom stereocenters. The van der Waals surface area contributed by atoms with Crippen molar-refractivity contribution in [1.29, 1.82) is 0 Å². The van der Waals surface area contributed by atoms with Crippen molar-refractivity contribution in [3.63, 3.8) is 0 Å². The van der Waals surface area contributed by atoms with Crippen LogP contribution in [0.1, 0.15) is 13.8 Å². The van der Waals surface area contributed by atoms with Gasteiger partial charge in [-0.2, -0.15) is 0 Å². The first-order chi connectivity index (χ1) is 8.75. The number of thioether (sulfide) groups is 1. The molecule has 1 heterocycles. The fraction of sp³-hybridized carbons (Fsp3) is 0.600. The van der Waals surface area contributed by atoms with E-state index in [-0.39, 0.29) is 0 Å². The fourth-order valence-electron chi connectivity index (χ4n) is 2.30. The minimum absolute atomic E-state index is 0.667. The van der Waals surface area contributed by atoms with Crippen molar-refractivity contribution in [2.24, 2.45) is 5.92 Å². The van der Waals surface area contributed by atoms with E-state index in [2.05, 4.69) is 54.4 Å². The van der Waals surface area contributed by atoms with E-state index in [1.54, 1.807) is 0 Å². The Labute approximate surface area is 115 Å². The lowest BCUT2D eigenvalue weighted by Crippen LogP contribution is -2.53. The molecule has 1 unspecified atom stereocenters. The van der Waals surface area contributed by atoms with Gasteiger partial charge in [0.2, 0.25) is 0 Å². The Morgan fingerprint density at radius 1 is 1.33 bits per heavy atom. The van der Waals surface area contributed by atoms with Gasteiger partial charge < -0.3 is 5.32 Å². The van der Waals surface area contributed by atoms with Crippen molar-refractivity contribution in [2.75, 3.05) is 31.9 Å². The summed E-state index contributed by atoms with van der Waals surface area (Å²) in [6, 6.07) is 11.4. The third-order valence-corrected chi connectivity index (χ3v) is 4.51. The van der Waals surface area contributed by atoms with E-state index in [9.17, 15) is 0 Å². The van der Waals surface area contributed by atoms with Crippen LogP contribution in [0.25, 0.3) is 0 Å². The summed E-state index contributed by atoms with van der Waals surface area (Å²) in [5.74, 6) is 1.92. The number of hydrogen-bond acceptors (Lipinski definition) is 3. The average molecular weight is 264 g/mol. The van der Waals surface area contributed by atoms with E-state index in [0.717, 1.165) is 12.5 Å². The topological polar surface area (TPSA) is 15.3 Å². The van der Waals surface area contributed by atoms with Gasteiger partial charge in [0.25, 0.3) is 0 Å². The summed E-state index contributed by atoms with van der Waals surface area (Å²) < 4.78 is 0. The van der Waals surface area contributed by atoms with Crippen LogP contribution in [0.15, 0.2) is 35.2 Å². The molecule has 2 rings (SSSR count). The highest BCUT2D eigenvalue weighted by Gasteiger charge is 2.20. The van der Waals surface area contributed by atoms with E-state index in [4.69, 9.17) is 0 Å². The molecule has 100 valence electrons. The predicted octanol–water partition coefficient (Wildman–Crippen LogP) is 2.71. The molecule has 2 nitrogen and oxygen atoms in total. The van der Waals surface area contributed by atoms with Crippen molar-refractivity contribution in [3.8, 4) is 0 Å². The van der Waals surface area contributed by atoms with Gasteiger partial charge >= 0.3 is 0 Å². The van der Waals surface area contributed by atoms with Gasteiger partial charge in [-0.15, -0.1) is 11.8 Å². The highest BCUT2D eigenvalue weighted by molar-refractivity contribution is 7.99. The summed E-state index contributed by atoms with van der Waals surface area (Å²) in [6.45, 7) is 9.34. The highest BCUT2D eigenvalue weighted by atomic mass is 32.2. The molecule has 0 aliphatic carbocycles. The van der Waals surface area contributed by atoms with Gasteiger partial charge in [-0.05, 0) is 18.1 Å². The van der Waals surface area contributed by atoms with E-state index in [0.29, 0.717) is 6.04 Å². The lowest BCUT2D eigenvalue weighted by molar-refractivity contribution is 0.184. The number of nitrogens with zero attached hydrogens (tertiary/aromatic N) is 1. The maximum Gasteiger partial charge on any atom is 0.0218 e. The van der Waals surface area contributed by atoms with Crippen LogP contribution in [-0.4, -0.2) is 42.9 Å². The largest absolute Gasteiger partial charge is 0.311 e. The van der Waals surface area contributed by atoms with Gasteiger partial charge in [0.05, 0.1) is 0 Å². The Bertz CT molecular complexity index is 340. The van der Waals surface area contributed by atoms with Crippen molar-refractivity contribution in [1.82, 2.24) is 10.2 Å². The third kappa shape index (κ3) is 4.30. The minimum atomic E-state index is 0.667. The highest BCUT2D eigenvalue weighted by Crippen LogP contribution is 2.17. The summed E-state index contributed by atoms with van der Waals surface area (Å²) in [4.78, 5) is 3.98. The first-order valence-corrected chi connectivity index (χ1v) is 7.88. The zero-order valence-electron chi connectivity index (χ0n) is 11.4. The van der Waals surface area contributed by atoms with E-state index >= 15 is 0 Å². The van der Waals surface area contributed by atoms with Crippen LogP contribution in [0.2, 0.25) is 0 Å². The fourth-order valence-corrected chi connectivity index (χ4v) is 3.24. The van der Waals surface area contributed by atoms with Crippen molar-refractivity contribution >= 4 is 11.8 Å². The van der Waals surface area contributed by atoms with E-state index < -0.39 is 0 Å². The summed E-state index contributed by atoms with van der Waals surface area (Å²) >= 11 is 1.96. The minimum Gasteiger partial charge on any atom is -0.311 e. The molecule has 0 amide bonds. The summed E-state index contributed by atoms with van der Waals surface area (Å²) in [7, 11) is 0. The zero-order valence-corrected chi connectivity index (χ0v) is 12.2. The molecule has 18 heavy (non-hydrogen) atoms. The molecular formula is C15H24N2S. The quantitative estimate of drug-likeness (QED) is 0.823. The van der Waals surface area contributed by atoms with Crippen LogP contribution in [0, 0.1) is 5.92 Å². The molecule has 1 saturated heterocycles. The molecule has 0 radical (unpaired) electrons. The van der Waals surface area contributed by atoms with Crippen LogP contribution in [-0.2, 0) is 0 Å². The first kappa shape index (κ1) is 13.9. The lowest BCUT2D eigenvalue weighted by Gasteiger charge is -2.35. The zero-order chi connectivity index (χ0) is 12.8. The maximum absolute atomic E-state index is 3.61. The number of benzene rings is 1. The monoisotopic (exact) mass is 264 g/mol. The van der Waals surface area contributed by atoms with Crippen molar-refractivity contribution in [2.45, 2.75) is 24.8 Å². The smallest absolute Gasteiger partial charge is 0.0218 e. The molecular weight excluding hydrogens is 240 g/mol. The Morgan fingerprint density at radius 2 is 2.11 bits per heavy atom. The SMILES string of the molecule is CC(C)C1CN(CCSc2ccccc2)CCN1. The van der Waals surface area contributed by atoms with Crippen LogP contribution in [0.5, 0.6) is 0 Å². The van der Waals surface area contributed by atoms with Crippen molar-refractivity contribution in [3.05, 3.63) is 30.3 Å². The van der Waals surface area contributed by atoms with Crippen LogP contribution >= 0.6 is 11.8 Å². The number of rotatable bonds is 5. The van der Waals surface area contributed by atoms with Crippen LogP contribution in [0.3, 0.4) is 0 Å². The molecule has 3 heteroatoms. The number of hydrogen-bond donors (Lipinski definition) is 1. The standard InChI is InChI=1S/C15H24N2S/c1-13(2)15-12-17(9-8-16-15)10-11-18-14-6-4-3-5-7-14/h3-7,13,15-16H,8-12H2,1-2H3. The lowest BCUT2D eigenvalue weighted by atomic mass is 10.0. The molecule has 1 fully saturated rings. The Morgan fingerprint density at radius 3 is 2.83 bits per heavy atom. The van der Waals surface area contributed by atoms with Gasteiger partial charge in [-0.25, -0.2) is 0 Å². The molecule has 1 aromatic rings. The first-order valence-electron chi connectivity index (χ1n) is 6.89. The van der Waals surface area contributed by atoms with Crippen LogP contribution < -0.4 is 5.32 Å². The predicted molar refractivity (Wildman–Crippen MR) is 80.2 cm³/mol. The molecule has 0 aromatic heterocycles. The second-order valence-corrected chi connectivity index (χ2v) is 6.44. The Hall–Kier alpha value is -0.510. The average Bonchev–Trinajstić information content (AvgIpc) is 2.40. The molecule has 0 bridgehead atoms. The van der Waals surface area contributed by atoms with Crippen LogP contribution in [0.4, 0.5) is 0 Å². The van der Waals surface area contributed by atoms with Gasteiger partial charge in [-0.3, -0.25) is 4.90 Å². The number of nitrogens with one attached hydrogen (secondary N) is 1. The number of piperazine rings is 1. The molecule has 0 saturated carbocycles. The third-order valence-electron chi connectivity index (χ3n) is 3.51. The van der Waals surface area contributed by atoms with Gasteiger partial charge in [0, 0.05) is 42.9 Å². The molecule has 1 N–H and O–H groups in total. The molecule has 1 aliphatic heterocycles. The second kappa shape index (κ2) is 7.17. The summed E-state index contributed by atoms with van der Waals surface area (Å²) in [5.41, 5.74) is 0. The van der Waals surface area contributed by atoms with Crippen molar-refractivity contribution < 1.29 is 0 Å². The van der Waals surface area contributed by atoms with E-state index in [1.165, 1.54) is 30.3 Å². The maximum atomic E-state index is 3.61. The Kier molecular flexibility index (Phi) is 5.54. The Balaban J connectivity index is 1.70. The van der Waals surface area contributed by atoms with E-state index in [1.807, 2.05) is 11.8 Å². The van der Waals surface area contributed by atoms with Gasteiger partial charge in [0.15, 0.2) is 0 Å². The molecule has 1 aromatic carbocycles. The molecule has 1 aliphatic rings. The molecule has 0 spiro atoms. The van der Waals surface area contributed by atoms with Gasteiger partial charge in [-0.1, -0.05) is 32.0 Å². The normalized spacial score (nSPS) is 21.4. The summed E-state index contributed by atoms with van der Waals surface area (Å²) in [6.07, 6.45) is 0. The summed E-state index contributed by atoms with van der Waals surface area (Å²) in [5, 5.41) is 3.61. The second-order valence-electron chi connectivity index (χ2n) is 5.27. The van der Waals surface area contributed by atoms with Gasteiger partial charge in [0.1, 0.15) is 0 Å².